The summed E-state index contributed by atoms with van der Waals surface area (Å²) in [6.07, 6.45) is -0.122. The molecule has 33 heavy (non-hydrogen) atoms. The van der Waals surface area contributed by atoms with Crippen molar-refractivity contribution in [2.75, 3.05) is 37.7 Å². The highest BCUT2D eigenvalue weighted by Gasteiger charge is 2.51. The van der Waals surface area contributed by atoms with Gasteiger partial charge in [0.05, 0.1) is 13.2 Å². The van der Waals surface area contributed by atoms with Crippen LogP contribution in [0.15, 0.2) is 42.5 Å². The van der Waals surface area contributed by atoms with E-state index in [2.05, 4.69) is 5.32 Å². The SMILES string of the molecule is O=C(c1cccc(N2CC[C@@](O)(C(=O)NCc3cc(F)cc(Cl)c3)C2=O)c1)N1CCOCC1. The second-order valence-electron chi connectivity index (χ2n) is 7.98. The Hall–Kier alpha value is -3.01. The average Bonchev–Trinajstić information content (AvgIpc) is 3.12. The predicted molar refractivity (Wildman–Crippen MR) is 118 cm³/mol. The summed E-state index contributed by atoms with van der Waals surface area (Å²) in [5.74, 6) is -2.39. The van der Waals surface area contributed by atoms with Gasteiger partial charge in [-0.1, -0.05) is 17.7 Å². The smallest absolute Gasteiger partial charge is 0.268 e. The number of morpholine rings is 1. The van der Waals surface area contributed by atoms with Gasteiger partial charge in [0, 0.05) is 48.9 Å². The van der Waals surface area contributed by atoms with Crippen molar-refractivity contribution in [1.82, 2.24) is 10.2 Å². The summed E-state index contributed by atoms with van der Waals surface area (Å²) in [6, 6.07) is 10.4. The number of amides is 3. The van der Waals surface area contributed by atoms with Gasteiger partial charge >= 0.3 is 0 Å². The molecule has 0 radical (unpaired) electrons. The highest BCUT2D eigenvalue weighted by Crippen LogP contribution is 2.29. The van der Waals surface area contributed by atoms with E-state index in [0.29, 0.717) is 43.1 Å². The minimum Gasteiger partial charge on any atom is -0.378 e. The molecule has 2 heterocycles. The third-order valence-electron chi connectivity index (χ3n) is 5.75. The molecule has 2 aromatic carbocycles. The molecule has 2 saturated heterocycles. The van der Waals surface area contributed by atoms with Gasteiger partial charge < -0.3 is 25.0 Å². The number of benzene rings is 2. The van der Waals surface area contributed by atoms with E-state index in [4.69, 9.17) is 16.3 Å². The van der Waals surface area contributed by atoms with Gasteiger partial charge in [0.15, 0.2) is 0 Å². The molecule has 0 unspecified atom stereocenters. The van der Waals surface area contributed by atoms with Crippen molar-refractivity contribution in [3.05, 3.63) is 64.4 Å². The van der Waals surface area contributed by atoms with E-state index < -0.39 is 23.2 Å². The monoisotopic (exact) mass is 475 g/mol. The van der Waals surface area contributed by atoms with Gasteiger partial charge in [-0.2, -0.15) is 0 Å². The Morgan fingerprint density at radius 3 is 2.64 bits per heavy atom. The summed E-state index contributed by atoms with van der Waals surface area (Å²) in [6.45, 7) is 1.92. The first-order valence-electron chi connectivity index (χ1n) is 10.5. The van der Waals surface area contributed by atoms with Crippen molar-refractivity contribution < 1.29 is 28.6 Å². The molecule has 0 saturated carbocycles. The number of aliphatic hydroxyl groups is 1. The number of hydrogen-bond donors (Lipinski definition) is 2. The van der Waals surface area contributed by atoms with Gasteiger partial charge in [-0.25, -0.2) is 4.39 Å². The second-order valence-corrected chi connectivity index (χ2v) is 8.42. The lowest BCUT2D eigenvalue weighted by molar-refractivity contribution is -0.149. The van der Waals surface area contributed by atoms with E-state index in [1.54, 1.807) is 29.2 Å². The summed E-state index contributed by atoms with van der Waals surface area (Å²) < 4.78 is 18.8. The lowest BCUT2D eigenvalue weighted by Crippen LogP contribution is -2.52. The molecular weight excluding hydrogens is 453 g/mol. The fourth-order valence-corrected chi connectivity index (χ4v) is 4.20. The van der Waals surface area contributed by atoms with E-state index in [1.165, 1.54) is 17.0 Å². The number of halogens is 2. The van der Waals surface area contributed by atoms with E-state index in [1.807, 2.05) is 0 Å². The molecule has 2 N–H and O–H groups in total. The Morgan fingerprint density at radius 1 is 1.15 bits per heavy atom. The average molecular weight is 476 g/mol. The molecule has 3 amide bonds. The van der Waals surface area contributed by atoms with Crippen molar-refractivity contribution in [2.45, 2.75) is 18.6 Å². The summed E-state index contributed by atoms with van der Waals surface area (Å²) in [7, 11) is 0. The van der Waals surface area contributed by atoms with Gasteiger partial charge in [-0.3, -0.25) is 14.4 Å². The summed E-state index contributed by atoms with van der Waals surface area (Å²) in [4.78, 5) is 41.4. The Bertz CT molecular complexity index is 1070. The molecule has 4 rings (SSSR count). The Kier molecular flexibility index (Phi) is 6.64. The molecule has 0 spiro atoms. The quantitative estimate of drug-likeness (QED) is 0.642. The zero-order valence-corrected chi connectivity index (χ0v) is 18.5. The van der Waals surface area contributed by atoms with Crippen LogP contribution in [0.2, 0.25) is 5.02 Å². The maximum Gasteiger partial charge on any atom is 0.268 e. The first-order chi connectivity index (χ1) is 15.8. The number of hydrogen-bond acceptors (Lipinski definition) is 5. The minimum absolute atomic E-state index is 0.101. The maximum absolute atomic E-state index is 13.5. The fraction of sp³-hybridized carbons (Fsp3) is 0.348. The van der Waals surface area contributed by atoms with Crippen LogP contribution < -0.4 is 10.2 Å². The highest BCUT2D eigenvalue weighted by molar-refractivity contribution is 6.30. The topological polar surface area (TPSA) is 99.2 Å². The molecule has 2 fully saturated rings. The molecular formula is C23H23ClFN3O5. The second kappa shape index (κ2) is 9.46. The minimum atomic E-state index is -2.26. The van der Waals surface area contributed by atoms with Gasteiger partial charge in [-0.05, 0) is 42.0 Å². The van der Waals surface area contributed by atoms with Gasteiger partial charge in [0.1, 0.15) is 5.82 Å². The molecule has 0 bridgehead atoms. The van der Waals surface area contributed by atoms with E-state index in [9.17, 15) is 23.9 Å². The number of anilines is 1. The van der Waals surface area contributed by atoms with Gasteiger partial charge in [-0.15, -0.1) is 0 Å². The van der Waals surface area contributed by atoms with Crippen LogP contribution in [0.25, 0.3) is 0 Å². The maximum atomic E-state index is 13.5. The molecule has 174 valence electrons. The zero-order valence-electron chi connectivity index (χ0n) is 17.7. The Morgan fingerprint density at radius 2 is 1.91 bits per heavy atom. The van der Waals surface area contributed by atoms with Crippen LogP contribution in [-0.4, -0.2) is 66.2 Å². The first-order valence-corrected chi connectivity index (χ1v) is 10.9. The van der Waals surface area contributed by atoms with E-state index in [0.717, 1.165) is 6.07 Å². The highest BCUT2D eigenvalue weighted by atomic mass is 35.5. The van der Waals surface area contributed by atoms with Crippen LogP contribution >= 0.6 is 11.6 Å². The number of ether oxygens (including phenoxy) is 1. The largest absolute Gasteiger partial charge is 0.378 e. The van der Waals surface area contributed by atoms with Crippen molar-refractivity contribution in [3.8, 4) is 0 Å². The molecule has 2 aliphatic heterocycles. The molecule has 2 aliphatic rings. The zero-order chi connectivity index (χ0) is 23.6. The first kappa shape index (κ1) is 23.2. The molecule has 10 heteroatoms. The van der Waals surface area contributed by atoms with Crippen LogP contribution in [0.3, 0.4) is 0 Å². The molecule has 1 atom stereocenters. The fourth-order valence-electron chi connectivity index (χ4n) is 3.96. The lowest BCUT2D eigenvalue weighted by Gasteiger charge is -2.27. The molecule has 0 aliphatic carbocycles. The van der Waals surface area contributed by atoms with Crippen molar-refractivity contribution in [1.29, 1.82) is 0 Å². The third-order valence-corrected chi connectivity index (χ3v) is 5.97. The van der Waals surface area contributed by atoms with Crippen LogP contribution in [0, 0.1) is 5.82 Å². The molecule has 2 aromatic rings. The Labute approximate surface area is 194 Å². The summed E-state index contributed by atoms with van der Waals surface area (Å²) in [5.41, 5.74) is -1.04. The lowest BCUT2D eigenvalue weighted by atomic mass is 10.0. The van der Waals surface area contributed by atoms with Crippen LogP contribution in [0.1, 0.15) is 22.3 Å². The van der Waals surface area contributed by atoms with Crippen molar-refractivity contribution >= 4 is 35.0 Å². The molecule has 0 aromatic heterocycles. The number of carbonyl (C=O) groups excluding carboxylic acids is 3. The number of nitrogens with zero attached hydrogens (tertiary/aromatic N) is 2. The van der Waals surface area contributed by atoms with E-state index >= 15 is 0 Å². The summed E-state index contributed by atoms with van der Waals surface area (Å²) in [5, 5.41) is 13.5. The Balaban J connectivity index is 1.45. The van der Waals surface area contributed by atoms with Crippen LogP contribution in [0.5, 0.6) is 0 Å². The van der Waals surface area contributed by atoms with Crippen LogP contribution in [-0.2, 0) is 20.9 Å². The van der Waals surface area contributed by atoms with E-state index in [-0.39, 0.29) is 30.4 Å². The normalized spacial score (nSPS) is 20.8. The number of rotatable bonds is 5. The van der Waals surface area contributed by atoms with Gasteiger partial charge in [0.2, 0.25) is 5.60 Å². The van der Waals surface area contributed by atoms with Crippen molar-refractivity contribution in [2.24, 2.45) is 0 Å². The standard InChI is InChI=1S/C23H23ClFN3O5/c24-17-10-15(11-18(25)13-17)14-26-21(30)23(32)4-5-28(22(23)31)19-3-1-2-16(12-19)20(29)27-6-8-33-9-7-27/h1-3,10-13,32H,4-9,14H2,(H,26,30)/t23-/m1/s1. The predicted octanol–water partition coefficient (Wildman–Crippen LogP) is 1.74. The molecule has 8 nitrogen and oxygen atoms in total. The third kappa shape index (κ3) is 4.85. The number of nitrogens with one attached hydrogen (secondary N) is 1. The summed E-state index contributed by atoms with van der Waals surface area (Å²) >= 11 is 5.82. The van der Waals surface area contributed by atoms with Crippen LogP contribution in [0.4, 0.5) is 10.1 Å². The number of carbonyl (C=O) groups is 3. The van der Waals surface area contributed by atoms with Crippen molar-refractivity contribution in [3.63, 3.8) is 0 Å². The van der Waals surface area contributed by atoms with Gasteiger partial charge in [0.25, 0.3) is 17.7 Å².